The van der Waals surface area contributed by atoms with Gasteiger partial charge in [-0.15, -0.1) is 0 Å². The number of benzene rings is 2. The summed E-state index contributed by atoms with van der Waals surface area (Å²) < 4.78 is 35.0. The molecule has 0 radical (unpaired) electrons. The number of ether oxygens (including phenoxy) is 1. The molecule has 0 fully saturated rings. The Balaban J connectivity index is 1.58. The fraction of sp³-hybridized carbons (Fsp3) is 0.364. The number of halogens is 2. The van der Waals surface area contributed by atoms with Crippen LogP contribution < -0.4 is 10.5 Å². The van der Waals surface area contributed by atoms with Crippen molar-refractivity contribution in [3.63, 3.8) is 0 Å². The van der Waals surface area contributed by atoms with Gasteiger partial charge in [-0.05, 0) is 44.6 Å². The molecule has 7 nitrogen and oxygen atoms in total. The van der Waals surface area contributed by atoms with Crippen LogP contribution in [0.5, 0.6) is 5.75 Å². The number of aromatic nitrogens is 3. The summed E-state index contributed by atoms with van der Waals surface area (Å²) in [5, 5.41) is 15.4. The van der Waals surface area contributed by atoms with E-state index in [4.69, 9.17) is 10.5 Å². The fourth-order valence-corrected chi connectivity index (χ4v) is 3.47. The third-order valence-electron chi connectivity index (χ3n) is 4.96. The van der Waals surface area contributed by atoms with Gasteiger partial charge in [0.25, 0.3) is 0 Å². The maximum absolute atomic E-state index is 14.5. The Bertz CT molecular complexity index is 970. The van der Waals surface area contributed by atoms with Gasteiger partial charge in [0.2, 0.25) is 0 Å². The van der Waals surface area contributed by atoms with Crippen LogP contribution in [-0.2, 0) is 12.1 Å². The Hall–Kier alpha value is -3.04. The number of aliphatic hydroxyl groups is 1. The maximum Gasteiger partial charge on any atom is 0.142 e. The number of nitrogens with zero attached hydrogens (tertiary/aromatic N) is 4. The Kier molecular flexibility index (Phi) is 7.54. The van der Waals surface area contributed by atoms with E-state index < -0.39 is 17.2 Å². The summed E-state index contributed by atoms with van der Waals surface area (Å²) in [5.74, 6) is -0.841. The normalized spacial score (nSPS) is 13.3. The van der Waals surface area contributed by atoms with Gasteiger partial charge in [-0.2, -0.15) is 5.10 Å². The van der Waals surface area contributed by atoms with Crippen molar-refractivity contribution in [2.24, 2.45) is 0 Å². The lowest BCUT2D eigenvalue weighted by Crippen LogP contribution is -2.43. The van der Waals surface area contributed by atoms with Gasteiger partial charge >= 0.3 is 0 Å². The van der Waals surface area contributed by atoms with Crippen molar-refractivity contribution in [3.8, 4) is 5.75 Å². The Morgan fingerprint density at radius 2 is 2.00 bits per heavy atom. The van der Waals surface area contributed by atoms with E-state index in [-0.39, 0.29) is 18.7 Å². The molecule has 1 heterocycles. The van der Waals surface area contributed by atoms with Gasteiger partial charge in [0.1, 0.15) is 35.6 Å². The number of nitrogens with two attached hydrogens (primary N) is 1. The maximum atomic E-state index is 14.5. The first-order valence-corrected chi connectivity index (χ1v) is 10.0. The molecule has 3 rings (SSSR count). The van der Waals surface area contributed by atoms with Crippen LogP contribution in [0.4, 0.5) is 14.5 Å². The molecular weight excluding hydrogens is 404 g/mol. The number of nitrogen functional groups attached to an aromatic ring is 1. The van der Waals surface area contributed by atoms with Gasteiger partial charge in [-0.25, -0.2) is 18.4 Å². The van der Waals surface area contributed by atoms with Crippen molar-refractivity contribution in [1.82, 2.24) is 19.7 Å². The number of unbranched alkanes of at least 4 members (excludes halogenated alkanes) is 1. The lowest BCUT2D eigenvalue weighted by atomic mass is 9.92. The predicted molar refractivity (Wildman–Crippen MR) is 113 cm³/mol. The first-order valence-electron chi connectivity index (χ1n) is 10.0. The number of likely N-dealkylation sites (N-methyl/N-ethyl adjacent to an activating group) is 1. The zero-order valence-electron chi connectivity index (χ0n) is 17.4. The van der Waals surface area contributed by atoms with Crippen LogP contribution in [0.25, 0.3) is 0 Å². The van der Waals surface area contributed by atoms with E-state index in [1.54, 1.807) is 6.07 Å². The highest BCUT2D eigenvalue weighted by Gasteiger charge is 2.34. The number of rotatable bonds is 11. The SMILES string of the molecule is CN(CCCCOc1ccccc1N)CC(O)(Cn1cncn1)c1ccc(F)cc1F. The van der Waals surface area contributed by atoms with Gasteiger partial charge in [-0.3, -0.25) is 0 Å². The molecule has 3 N–H and O–H groups in total. The first kappa shape index (κ1) is 22.6. The van der Waals surface area contributed by atoms with Crippen LogP contribution in [0.15, 0.2) is 55.1 Å². The summed E-state index contributed by atoms with van der Waals surface area (Å²) in [6, 6.07) is 10.5. The van der Waals surface area contributed by atoms with Crippen molar-refractivity contribution in [3.05, 3.63) is 72.3 Å². The minimum atomic E-state index is -1.62. The number of anilines is 1. The summed E-state index contributed by atoms with van der Waals surface area (Å²) in [6.45, 7) is 1.27. The topological polar surface area (TPSA) is 89.4 Å². The Morgan fingerprint density at radius 3 is 2.71 bits per heavy atom. The largest absolute Gasteiger partial charge is 0.491 e. The Labute approximate surface area is 180 Å². The van der Waals surface area contributed by atoms with E-state index >= 15 is 0 Å². The van der Waals surface area contributed by atoms with E-state index in [9.17, 15) is 13.9 Å². The molecule has 0 aliphatic rings. The van der Waals surface area contributed by atoms with Crippen LogP contribution in [0.3, 0.4) is 0 Å². The van der Waals surface area contributed by atoms with Gasteiger partial charge in [0, 0.05) is 18.2 Å². The summed E-state index contributed by atoms with van der Waals surface area (Å²) in [5.41, 5.74) is 4.85. The lowest BCUT2D eigenvalue weighted by molar-refractivity contribution is -0.0161. The molecule has 1 atom stereocenters. The zero-order valence-corrected chi connectivity index (χ0v) is 17.4. The molecule has 9 heteroatoms. The van der Waals surface area contributed by atoms with Gasteiger partial charge < -0.3 is 20.5 Å². The minimum absolute atomic E-state index is 0.0131. The number of hydrogen-bond donors (Lipinski definition) is 2. The first-order chi connectivity index (χ1) is 14.9. The highest BCUT2D eigenvalue weighted by atomic mass is 19.1. The highest BCUT2D eigenvalue weighted by molar-refractivity contribution is 5.51. The molecule has 31 heavy (non-hydrogen) atoms. The molecule has 0 saturated heterocycles. The molecule has 166 valence electrons. The van der Waals surface area contributed by atoms with E-state index in [0.717, 1.165) is 25.0 Å². The van der Waals surface area contributed by atoms with Crippen LogP contribution in [0.2, 0.25) is 0 Å². The van der Waals surface area contributed by atoms with Gasteiger partial charge in [0.05, 0.1) is 18.8 Å². The van der Waals surface area contributed by atoms with Crippen molar-refractivity contribution >= 4 is 5.69 Å². The minimum Gasteiger partial charge on any atom is -0.491 e. The Morgan fingerprint density at radius 1 is 1.19 bits per heavy atom. The molecule has 1 aromatic heterocycles. The molecular formula is C22H27F2N5O2. The average molecular weight is 431 g/mol. The molecule has 0 amide bonds. The zero-order chi connectivity index (χ0) is 22.3. The van der Waals surface area contributed by atoms with Crippen LogP contribution in [0.1, 0.15) is 18.4 Å². The van der Waals surface area contributed by atoms with Crippen molar-refractivity contribution in [2.75, 3.05) is 32.5 Å². The highest BCUT2D eigenvalue weighted by Crippen LogP contribution is 2.27. The summed E-state index contributed by atoms with van der Waals surface area (Å²) in [7, 11) is 1.84. The lowest BCUT2D eigenvalue weighted by Gasteiger charge is -2.33. The second-order valence-corrected chi connectivity index (χ2v) is 7.58. The van der Waals surface area contributed by atoms with Gasteiger partial charge in [0.15, 0.2) is 0 Å². The third kappa shape index (κ3) is 6.22. The smallest absolute Gasteiger partial charge is 0.142 e. The number of hydrogen-bond acceptors (Lipinski definition) is 6. The van der Waals surface area contributed by atoms with Gasteiger partial charge in [-0.1, -0.05) is 18.2 Å². The fourth-order valence-electron chi connectivity index (χ4n) is 3.47. The third-order valence-corrected chi connectivity index (χ3v) is 4.96. The van der Waals surface area contributed by atoms with Crippen LogP contribution in [-0.4, -0.2) is 51.5 Å². The standard InChI is InChI=1S/C22H27F2N5O2/c1-28(10-4-5-11-31-21-7-3-2-6-20(21)25)13-22(30,14-29-16-26-15-27-29)18-9-8-17(23)12-19(18)24/h2-3,6-9,12,15-16,30H,4-5,10-11,13-14,25H2,1H3. The second kappa shape index (κ2) is 10.3. The summed E-state index contributed by atoms with van der Waals surface area (Å²) >= 11 is 0. The molecule has 0 spiro atoms. The summed E-state index contributed by atoms with van der Waals surface area (Å²) in [4.78, 5) is 5.77. The van der Waals surface area contributed by atoms with Crippen LogP contribution >= 0.6 is 0 Å². The molecule has 3 aromatic rings. The van der Waals surface area contributed by atoms with Crippen LogP contribution in [0, 0.1) is 11.6 Å². The molecule has 2 aromatic carbocycles. The van der Waals surface area contributed by atoms with E-state index in [2.05, 4.69) is 10.1 Å². The predicted octanol–water partition coefficient (Wildman–Crippen LogP) is 2.82. The quantitative estimate of drug-likeness (QED) is 0.359. The van der Waals surface area contributed by atoms with Crippen molar-refractivity contribution in [2.45, 2.75) is 25.0 Å². The molecule has 0 saturated carbocycles. The van der Waals surface area contributed by atoms with E-state index in [1.165, 1.54) is 23.4 Å². The van der Waals surface area contributed by atoms with E-state index in [0.29, 0.717) is 24.6 Å². The number of para-hydroxylation sites is 2. The molecule has 0 aliphatic carbocycles. The molecule has 0 bridgehead atoms. The summed E-state index contributed by atoms with van der Waals surface area (Å²) in [6.07, 6.45) is 4.36. The molecule has 0 aliphatic heterocycles. The monoisotopic (exact) mass is 431 g/mol. The van der Waals surface area contributed by atoms with Crippen molar-refractivity contribution in [1.29, 1.82) is 0 Å². The second-order valence-electron chi connectivity index (χ2n) is 7.58. The van der Waals surface area contributed by atoms with E-state index in [1.807, 2.05) is 30.1 Å². The average Bonchev–Trinajstić information content (AvgIpc) is 3.21. The van der Waals surface area contributed by atoms with Crippen molar-refractivity contribution < 1.29 is 18.6 Å². The molecule has 1 unspecified atom stereocenters.